The van der Waals surface area contributed by atoms with Gasteiger partial charge in [0.15, 0.2) is 0 Å². The van der Waals surface area contributed by atoms with Crippen LogP contribution in [0.3, 0.4) is 0 Å². The summed E-state index contributed by atoms with van der Waals surface area (Å²) in [5, 5.41) is 0. The van der Waals surface area contributed by atoms with E-state index in [0.29, 0.717) is 11.4 Å². The third kappa shape index (κ3) is 2.01. The predicted octanol–water partition coefficient (Wildman–Crippen LogP) is 3.10. The fourth-order valence-electron chi connectivity index (χ4n) is 1.23. The van der Waals surface area contributed by atoms with Gasteiger partial charge in [0, 0.05) is 12.4 Å². The Morgan fingerprint density at radius 3 is 2.53 bits per heavy atom. The van der Waals surface area contributed by atoms with Crippen molar-refractivity contribution in [3.8, 4) is 11.4 Å². The number of alkyl halides is 3. The van der Waals surface area contributed by atoms with E-state index in [0.717, 1.165) is 12.3 Å². The molecular formula is C10H7F3N2. The molecule has 0 aromatic carbocycles. The molecular weight excluding hydrogens is 205 g/mol. The Morgan fingerprint density at radius 1 is 1.20 bits per heavy atom. The van der Waals surface area contributed by atoms with Gasteiger partial charge in [-0.2, -0.15) is 13.2 Å². The smallest absolute Gasteiger partial charge is 0.359 e. The quantitative estimate of drug-likeness (QED) is 0.773. The summed E-state index contributed by atoms with van der Waals surface area (Å²) >= 11 is 0. The van der Waals surface area contributed by atoms with E-state index in [4.69, 9.17) is 0 Å². The van der Waals surface area contributed by atoms with Gasteiger partial charge in [0.05, 0.1) is 17.0 Å². The standard InChI is InChI=1S/C10H7F3N2/c11-10(12,13)7-5-9(15-6-7)8-3-1-2-4-14-8/h1-6,15H. The number of nitrogens with one attached hydrogen (secondary N) is 1. The Hall–Kier alpha value is -1.78. The molecule has 2 aromatic rings. The van der Waals surface area contributed by atoms with Crippen LogP contribution >= 0.6 is 0 Å². The summed E-state index contributed by atoms with van der Waals surface area (Å²) < 4.78 is 36.8. The minimum atomic E-state index is -4.32. The molecule has 0 aliphatic heterocycles. The number of hydrogen-bond donors (Lipinski definition) is 1. The van der Waals surface area contributed by atoms with Gasteiger partial charge in [-0.25, -0.2) is 0 Å². The van der Waals surface area contributed by atoms with Crippen LogP contribution in [0.1, 0.15) is 5.56 Å². The highest BCUT2D eigenvalue weighted by molar-refractivity contribution is 5.55. The fourth-order valence-corrected chi connectivity index (χ4v) is 1.23. The number of halogens is 3. The molecule has 2 rings (SSSR count). The van der Waals surface area contributed by atoms with Crippen molar-refractivity contribution in [3.63, 3.8) is 0 Å². The van der Waals surface area contributed by atoms with E-state index in [1.54, 1.807) is 18.2 Å². The van der Waals surface area contributed by atoms with Gasteiger partial charge in [0.2, 0.25) is 0 Å². The van der Waals surface area contributed by atoms with Crippen LogP contribution in [0.2, 0.25) is 0 Å². The van der Waals surface area contributed by atoms with Crippen LogP contribution in [0, 0.1) is 0 Å². The number of aromatic nitrogens is 2. The summed E-state index contributed by atoms with van der Waals surface area (Å²) in [5.74, 6) is 0. The Morgan fingerprint density at radius 2 is 2.00 bits per heavy atom. The third-order valence-electron chi connectivity index (χ3n) is 1.95. The highest BCUT2D eigenvalue weighted by atomic mass is 19.4. The number of hydrogen-bond acceptors (Lipinski definition) is 1. The van der Waals surface area contributed by atoms with Crippen molar-refractivity contribution in [1.82, 2.24) is 9.97 Å². The van der Waals surface area contributed by atoms with E-state index >= 15 is 0 Å². The zero-order chi connectivity index (χ0) is 10.9. The van der Waals surface area contributed by atoms with Crippen molar-refractivity contribution >= 4 is 0 Å². The average molecular weight is 212 g/mol. The summed E-state index contributed by atoms with van der Waals surface area (Å²) in [6, 6.07) is 6.11. The molecule has 0 radical (unpaired) electrons. The van der Waals surface area contributed by atoms with Crippen molar-refractivity contribution in [3.05, 3.63) is 42.2 Å². The van der Waals surface area contributed by atoms with E-state index in [9.17, 15) is 13.2 Å². The Kier molecular flexibility index (Phi) is 2.22. The molecule has 2 aromatic heterocycles. The van der Waals surface area contributed by atoms with Crippen molar-refractivity contribution in [2.24, 2.45) is 0 Å². The van der Waals surface area contributed by atoms with Crippen LogP contribution in [-0.2, 0) is 6.18 Å². The Bertz CT molecular complexity index is 445. The Balaban J connectivity index is 2.37. The zero-order valence-electron chi connectivity index (χ0n) is 7.55. The molecule has 15 heavy (non-hydrogen) atoms. The molecule has 5 heteroatoms. The minimum Gasteiger partial charge on any atom is -0.359 e. The lowest BCUT2D eigenvalue weighted by Crippen LogP contribution is -2.02. The van der Waals surface area contributed by atoms with E-state index in [1.165, 1.54) is 6.20 Å². The molecule has 2 nitrogen and oxygen atoms in total. The van der Waals surface area contributed by atoms with Crippen LogP contribution in [0.5, 0.6) is 0 Å². The summed E-state index contributed by atoms with van der Waals surface area (Å²) in [4.78, 5) is 6.49. The molecule has 0 bridgehead atoms. The van der Waals surface area contributed by atoms with E-state index < -0.39 is 11.7 Å². The Labute approximate surface area is 83.8 Å². The van der Waals surface area contributed by atoms with E-state index in [2.05, 4.69) is 9.97 Å². The van der Waals surface area contributed by atoms with Crippen LogP contribution in [0.15, 0.2) is 36.7 Å². The first-order valence-corrected chi connectivity index (χ1v) is 4.24. The number of aromatic amines is 1. The molecule has 0 spiro atoms. The second-order valence-electron chi connectivity index (χ2n) is 3.01. The molecule has 0 fully saturated rings. The first-order chi connectivity index (χ1) is 7.07. The lowest BCUT2D eigenvalue weighted by molar-refractivity contribution is -0.137. The van der Waals surface area contributed by atoms with Gasteiger partial charge in [-0.15, -0.1) is 0 Å². The van der Waals surface area contributed by atoms with Gasteiger partial charge >= 0.3 is 6.18 Å². The second kappa shape index (κ2) is 3.42. The van der Waals surface area contributed by atoms with E-state index in [-0.39, 0.29) is 0 Å². The maximum absolute atomic E-state index is 12.3. The van der Waals surface area contributed by atoms with Crippen LogP contribution in [0.4, 0.5) is 13.2 Å². The predicted molar refractivity (Wildman–Crippen MR) is 49.0 cm³/mol. The van der Waals surface area contributed by atoms with Gasteiger partial charge in [0.1, 0.15) is 0 Å². The molecule has 0 aliphatic carbocycles. The van der Waals surface area contributed by atoms with Crippen LogP contribution in [-0.4, -0.2) is 9.97 Å². The molecule has 2 heterocycles. The number of nitrogens with zero attached hydrogens (tertiary/aromatic N) is 1. The van der Waals surface area contributed by atoms with Gasteiger partial charge in [-0.05, 0) is 18.2 Å². The van der Waals surface area contributed by atoms with Crippen LogP contribution < -0.4 is 0 Å². The topological polar surface area (TPSA) is 28.7 Å². The molecule has 0 aliphatic rings. The van der Waals surface area contributed by atoms with Gasteiger partial charge in [-0.3, -0.25) is 4.98 Å². The molecule has 0 saturated heterocycles. The maximum atomic E-state index is 12.3. The van der Waals surface area contributed by atoms with E-state index in [1.807, 2.05) is 0 Å². The zero-order valence-corrected chi connectivity index (χ0v) is 7.55. The molecule has 0 unspecified atom stereocenters. The van der Waals surface area contributed by atoms with Gasteiger partial charge < -0.3 is 4.98 Å². The average Bonchev–Trinajstić information content (AvgIpc) is 2.67. The van der Waals surface area contributed by atoms with Gasteiger partial charge in [-0.1, -0.05) is 6.07 Å². The highest BCUT2D eigenvalue weighted by Gasteiger charge is 2.31. The highest BCUT2D eigenvalue weighted by Crippen LogP contribution is 2.31. The van der Waals surface area contributed by atoms with Crippen molar-refractivity contribution < 1.29 is 13.2 Å². The van der Waals surface area contributed by atoms with Crippen molar-refractivity contribution in [2.45, 2.75) is 6.18 Å². The molecule has 0 atom stereocenters. The lowest BCUT2D eigenvalue weighted by atomic mass is 10.2. The monoisotopic (exact) mass is 212 g/mol. The van der Waals surface area contributed by atoms with Crippen molar-refractivity contribution in [1.29, 1.82) is 0 Å². The molecule has 0 saturated carbocycles. The number of H-pyrrole nitrogens is 1. The fraction of sp³-hybridized carbons (Fsp3) is 0.100. The minimum absolute atomic E-state index is 0.364. The second-order valence-corrected chi connectivity index (χ2v) is 3.01. The summed E-state index contributed by atoms with van der Waals surface area (Å²) in [5.41, 5.74) is 0.166. The first kappa shape index (κ1) is 9.76. The third-order valence-corrected chi connectivity index (χ3v) is 1.95. The maximum Gasteiger partial charge on any atom is 0.417 e. The molecule has 78 valence electrons. The summed E-state index contributed by atoms with van der Waals surface area (Å²) in [6.07, 6.45) is -1.85. The van der Waals surface area contributed by atoms with Crippen LogP contribution in [0.25, 0.3) is 11.4 Å². The first-order valence-electron chi connectivity index (χ1n) is 4.24. The largest absolute Gasteiger partial charge is 0.417 e. The lowest BCUT2D eigenvalue weighted by Gasteiger charge is -2.00. The number of rotatable bonds is 1. The SMILES string of the molecule is FC(F)(F)c1c[nH]c(-c2ccccn2)c1. The summed E-state index contributed by atoms with van der Waals surface area (Å²) in [7, 11) is 0. The summed E-state index contributed by atoms with van der Waals surface area (Å²) in [6.45, 7) is 0. The normalized spacial score (nSPS) is 11.7. The number of pyridine rings is 1. The van der Waals surface area contributed by atoms with Gasteiger partial charge in [0.25, 0.3) is 0 Å². The van der Waals surface area contributed by atoms with Crippen molar-refractivity contribution in [2.75, 3.05) is 0 Å². The molecule has 1 N–H and O–H groups in total. The molecule has 0 amide bonds.